The predicted octanol–water partition coefficient (Wildman–Crippen LogP) is 2.13. The van der Waals surface area contributed by atoms with Gasteiger partial charge in [0.1, 0.15) is 5.75 Å². The number of carbonyl (C=O) groups excluding carboxylic acids is 1. The second-order valence-corrected chi connectivity index (χ2v) is 4.02. The summed E-state index contributed by atoms with van der Waals surface area (Å²) in [6, 6.07) is 9.37. The van der Waals surface area contributed by atoms with Gasteiger partial charge in [0.05, 0.1) is 17.5 Å². The summed E-state index contributed by atoms with van der Waals surface area (Å²) in [7, 11) is 0. The SMILES string of the molecule is N#CC1=Cc2ccccc2O[C@@H]1[C@@H](CCl)OC=O. The Morgan fingerprint density at radius 2 is 2.33 bits per heavy atom. The highest BCUT2D eigenvalue weighted by Gasteiger charge is 2.31. The normalized spacial score (nSPS) is 18.7. The molecule has 0 spiro atoms. The number of hydrogen-bond acceptors (Lipinski definition) is 4. The summed E-state index contributed by atoms with van der Waals surface area (Å²) in [5, 5.41) is 9.11. The van der Waals surface area contributed by atoms with E-state index in [9.17, 15) is 4.79 Å². The van der Waals surface area contributed by atoms with Gasteiger partial charge in [-0.2, -0.15) is 5.26 Å². The molecule has 2 rings (SSSR count). The smallest absolute Gasteiger partial charge is 0.293 e. The third-order valence-corrected chi connectivity index (χ3v) is 2.94. The number of benzene rings is 1. The number of para-hydroxylation sites is 1. The number of hydrogen-bond donors (Lipinski definition) is 0. The number of fused-ring (bicyclic) bond motifs is 1. The van der Waals surface area contributed by atoms with Crippen molar-refractivity contribution in [3.05, 3.63) is 35.4 Å². The van der Waals surface area contributed by atoms with Gasteiger partial charge in [0.25, 0.3) is 6.47 Å². The van der Waals surface area contributed by atoms with Crippen molar-refractivity contribution >= 4 is 24.1 Å². The van der Waals surface area contributed by atoms with Crippen LogP contribution in [0.25, 0.3) is 6.08 Å². The molecule has 1 aliphatic heterocycles. The fraction of sp³-hybridized carbons (Fsp3) is 0.231. The van der Waals surface area contributed by atoms with Crippen LogP contribution in [-0.4, -0.2) is 24.6 Å². The summed E-state index contributed by atoms with van der Waals surface area (Å²) >= 11 is 5.73. The van der Waals surface area contributed by atoms with E-state index in [1.807, 2.05) is 24.3 Å². The van der Waals surface area contributed by atoms with Gasteiger partial charge in [-0.3, -0.25) is 4.79 Å². The van der Waals surface area contributed by atoms with E-state index in [0.29, 0.717) is 17.8 Å². The Balaban J connectivity index is 2.35. The van der Waals surface area contributed by atoms with Gasteiger partial charge < -0.3 is 9.47 Å². The average Bonchev–Trinajstić information content (AvgIpc) is 2.43. The van der Waals surface area contributed by atoms with Crippen LogP contribution < -0.4 is 4.74 Å². The Morgan fingerprint density at radius 1 is 1.56 bits per heavy atom. The second kappa shape index (κ2) is 5.56. The molecule has 4 nitrogen and oxygen atoms in total. The first-order chi connectivity index (χ1) is 8.80. The van der Waals surface area contributed by atoms with Crippen LogP contribution in [0, 0.1) is 11.3 Å². The lowest BCUT2D eigenvalue weighted by Gasteiger charge is -2.28. The van der Waals surface area contributed by atoms with Crippen molar-refractivity contribution in [2.45, 2.75) is 12.2 Å². The Labute approximate surface area is 109 Å². The van der Waals surface area contributed by atoms with Crippen LogP contribution in [-0.2, 0) is 9.53 Å². The van der Waals surface area contributed by atoms with Crippen molar-refractivity contribution in [1.82, 2.24) is 0 Å². The number of nitriles is 1. The molecular formula is C13H10ClNO3. The molecule has 0 amide bonds. The summed E-state index contributed by atoms with van der Waals surface area (Å²) < 4.78 is 10.5. The summed E-state index contributed by atoms with van der Waals surface area (Å²) in [4.78, 5) is 10.4. The molecule has 0 saturated carbocycles. The van der Waals surface area contributed by atoms with E-state index in [2.05, 4.69) is 0 Å². The largest absolute Gasteiger partial charge is 0.480 e. The average molecular weight is 264 g/mol. The van der Waals surface area contributed by atoms with Crippen LogP contribution in [0.5, 0.6) is 5.75 Å². The zero-order valence-electron chi connectivity index (χ0n) is 9.38. The minimum absolute atomic E-state index is 0.0601. The van der Waals surface area contributed by atoms with Crippen LogP contribution in [0.1, 0.15) is 5.56 Å². The lowest BCUT2D eigenvalue weighted by molar-refractivity contribution is -0.135. The van der Waals surface area contributed by atoms with Crippen molar-refractivity contribution < 1.29 is 14.3 Å². The first kappa shape index (κ1) is 12.5. The highest BCUT2D eigenvalue weighted by molar-refractivity contribution is 6.18. The molecule has 1 aliphatic rings. The lowest BCUT2D eigenvalue weighted by Crippen LogP contribution is -2.38. The zero-order chi connectivity index (χ0) is 13.0. The van der Waals surface area contributed by atoms with Gasteiger partial charge in [-0.15, -0.1) is 11.6 Å². The minimum Gasteiger partial charge on any atom is -0.480 e. The number of carbonyl (C=O) groups is 1. The van der Waals surface area contributed by atoms with E-state index in [0.717, 1.165) is 5.56 Å². The molecule has 5 heteroatoms. The van der Waals surface area contributed by atoms with E-state index >= 15 is 0 Å². The van der Waals surface area contributed by atoms with Gasteiger partial charge in [-0.25, -0.2) is 0 Å². The maximum Gasteiger partial charge on any atom is 0.293 e. The van der Waals surface area contributed by atoms with Crippen LogP contribution >= 0.6 is 11.6 Å². The molecule has 0 bridgehead atoms. The molecule has 0 unspecified atom stereocenters. The summed E-state index contributed by atoms with van der Waals surface area (Å²) in [5.41, 5.74) is 1.21. The first-order valence-corrected chi connectivity index (χ1v) is 5.86. The molecule has 92 valence electrons. The van der Waals surface area contributed by atoms with Crippen LogP contribution in [0.15, 0.2) is 29.8 Å². The fourth-order valence-electron chi connectivity index (χ4n) is 1.79. The molecule has 1 aromatic carbocycles. The third kappa shape index (κ3) is 2.31. The van der Waals surface area contributed by atoms with Gasteiger partial charge in [-0.1, -0.05) is 18.2 Å². The van der Waals surface area contributed by atoms with Crippen LogP contribution in [0.2, 0.25) is 0 Å². The topological polar surface area (TPSA) is 59.3 Å². The van der Waals surface area contributed by atoms with Gasteiger partial charge in [0, 0.05) is 5.56 Å². The van der Waals surface area contributed by atoms with Gasteiger partial charge >= 0.3 is 0 Å². The van der Waals surface area contributed by atoms with E-state index < -0.39 is 12.2 Å². The van der Waals surface area contributed by atoms with E-state index in [4.69, 9.17) is 26.3 Å². The molecular weight excluding hydrogens is 254 g/mol. The Kier molecular flexibility index (Phi) is 3.85. The summed E-state index contributed by atoms with van der Waals surface area (Å²) in [6.45, 7) is 0.311. The van der Waals surface area contributed by atoms with Gasteiger partial charge in [-0.05, 0) is 12.1 Å². The van der Waals surface area contributed by atoms with Crippen molar-refractivity contribution in [1.29, 1.82) is 5.26 Å². The van der Waals surface area contributed by atoms with Crippen molar-refractivity contribution in [2.24, 2.45) is 0 Å². The molecule has 0 saturated heterocycles. The number of rotatable bonds is 4. The summed E-state index contributed by atoms with van der Waals surface area (Å²) in [6.07, 6.45) is 0.382. The monoisotopic (exact) mass is 263 g/mol. The number of nitrogens with zero attached hydrogens (tertiary/aromatic N) is 1. The van der Waals surface area contributed by atoms with Crippen molar-refractivity contribution in [3.63, 3.8) is 0 Å². The lowest BCUT2D eigenvalue weighted by atomic mass is 9.99. The molecule has 0 fully saturated rings. The molecule has 18 heavy (non-hydrogen) atoms. The molecule has 1 heterocycles. The Morgan fingerprint density at radius 3 is 3.00 bits per heavy atom. The molecule has 0 N–H and O–H groups in total. The maximum atomic E-state index is 10.4. The number of alkyl halides is 1. The van der Waals surface area contributed by atoms with Crippen molar-refractivity contribution in [3.8, 4) is 11.8 Å². The molecule has 0 aromatic heterocycles. The zero-order valence-corrected chi connectivity index (χ0v) is 10.1. The Hall–Kier alpha value is -1.99. The highest BCUT2D eigenvalue weighted by atomic mass is 35.5. The van der Waals surface area contributed by atoms with Crippen LogP contribution in [0.3, 0.4) is 0 Å². The van der Waals surface area contributed by atoms with Crippen LogP contribution in [0.4, 0.5) is 0 Å². The summed E-state index contributed by atoms with van der Waals surface area (Å²) in [5.74, 6) is 0.705. The standard InChI is InChI=1S/C13H10ClNO3/c14-6-12(17-8-16)13-10(7-15)5-9-3-1-2-4-11(9)18-13/h1-5,8,12-13H,6H2/t12-,13+/m1/s1. The second-order valence-electron chi connectivity index (χ2n) is 3.71. The predicted molar refractivity (Wildman–Crippen MR) is 66.1 cm³/mol. The van der Waals surface area contributed by atoms with Gasteiger partial charge in [0.15, 0.2) is 12.2 Å². The quantitative estimate of drug-likeness (QED) is 0.617. The molecule has 2 atom stereocenters. The third-order valence-electron chi connectivity index (χ3n) is 2.64. The fourth-order valence-corrected chi connectivity index (χ4v) is 2.02. The molecule has 0 aliphatic carbocycles. The van der Waals surface area contributed by atoms with E-state index in [-0.39, 0.29) is 5.88 Å². The highest BCUT2D eigenvalue weighted by Crippen LogP contribution is 2.31. The number of ether oxygens (including phenoxy) is 2. The van der Waals surface area contributed by atoms with E-state index in [1.165, 1.54) is 0 Å². The minimum atomic E-state index is -0.677. The van der Waals surface area contributed by atoms with E-state index in [1.54, 1.807) is 12.1 Å². The molecule has 1 aromatic rings. The Bertz CT molecular complexity index is 521. The number of halogens is 1. The maximum absolute atomic E-state index is 10.4. The molecule has 0 radical (unpaired) electrons. The van der Waals surface area contributed by atoms with Gasteiger partial charge in [0.2, 0.25) is 0 Å². The first-order valence-electron chi connectivity index (χ1n) is 5.32. The van der Waals surface area contributed by atoms with Crippen molar-refractivity contribution in [2.75, 3.05) is 5.88 Å².